The molecule has 0 aliphatic heterocycles. The number of H-pyrrole nitrogens is 1. The second-order valence-corrected chi connectivity index (χ2v) is 3.23. The number of aryl methyl sites for hydroxylation is 1. The maximum absolute atomic E-state index is 5.06. The predicted octanol–water partition coefficient (Wildman–Crippen LogP) is 1.60. The lowest BCUT2D eigenvalue weighted by Gasteiger charge is -1.98. The van der Waals surface area contributed by atoms with E-state index in [9.17, 15) is 0 Å². The average molecular weight is 191 g/mol. The summed E-state index contributed by atoms with van der Waals surface area (Å²) in [6.07, 6.45) is 1.91. The molecule has 2 rings (SSSR count). The van der Waals surface area contributed by atoms with Crippen molar-refractivity contribution in [3.05, 3.63) is 41.5 Å². The Kier molecular flexibility index (Phi) is 2.65. The molecule has 0 saturated heterocycles. The molecule has 0 aliphatic carbocycles. The molecule has 0 spiro atoms. The number of rotatable bonds is 4. The summed E-state index contributed by atoms with van der Waals surface area (Å²) in [5.74, 6) is 0.869. The molecule has 2 heterocycles. The van der Waals surface area contributed by atoms with Crippen LogP contribution in [0.1, 0.15) is 17.1 Å². The van der Waals surface area contributed by atoms with Gasteiger partial charge in [0.15, 0.2) is 5.76 Å². The molecular weight excluding hydrogens is 178 g/mol. The van der Waals surface area contributed by atoms with Crippen molar-refractivity contribution in [1.29, 1.82) is 0 Å². The van der Waals surface area contributed by atoms with E-state index in [1.165, 1.54) is 5.69 Å². The zero-order chi connectivity index (χ0) is 9.80. The normalized spacial score (nSPS) is 10.6. The molecule has 0 saturated carbocycles. The van der Waals surface area contributed by atoms with Crippen molar-refractivity contribution in [3.63, 3.8) is 0 Å². The lowest BCUT2D eigenvalue weighted by Crippen LogP contribution is -2.12. The highest BCUT2D eigenvalue weighted by atomic mass is 16.5. The largest absolute Gasteiger partial charge is 0.364 e. The van der Waals surface area contributed by atoms with Crippen molar-refractivity contribution in [2.45, 2.75) is 20.0 Å². The van der Waals surface area contributed by atoms with Gasteiger partial charge in [0.05, 0.1) is 12.2 Å². The molecule has 0 atom stereocenters. The minimum absolute atomic E-state index is 0.708. The summed E-state index contributed by atoms with van der Waals surface area (Å²) in [7, 11) is 0. The summed E-state index contributed by atoms with van der Waals surface area (Å²) >= 11 is 0. The third kappa shape index (κ3) is 2.23. The van der Waals surface area contributed by atoms with Crippen LogP contribution in [0, 0.1) is 6.92 Å². The quantitative estimate of drug-likeness (QED) is 0.771. The van der Waals surface area contributed by atoms with Gasteiger partial charge >= 0.3 is 0 Å². The van der Waals surface area contributed by atoms with Gasteiger partial charge in [-0.05, 0) is 19.1 Å². The predicted molar refractivity (Wildman–Crippen MR) is 52.6 cm³/mol. The first-order valence-corrected chi connectivity index (χ1v) is 4.60. The average Bonchev–Trinajstić information content (AvgIpc) is 2.77. The molecule has 2 N–H and O–H groups in total. The Hall–Kier alpha value is -1.55. The van der Waals surface area contributed by atoms with Crippen LogP contribution in [0.4, 0.5) is 0 Å². The van der Waals surface area contributed by atoms with Gasteiger partial charge in [0, 0.05) is 24.5 Å². The van der Waals surface area contributed by atoms with E-state index in [2.05, 4.69) is 15.5 Å². The molecule has 2 aromatic heterocycles. The second kappa shape index (κ2) is 4.11. The summed E-state index contributed by atoms with van der Waals surface area (Å²) in [5, 5.41) is 7.06. The Morgan fingerprint density at radius 1 is 1.50 bits per heavy atom. The topological polar surface area (TPSA) is 53.9 Å². The Morgan fingerprint density at radius 3 is 3.07 bits per heavy atom. The Bertz CT molecular complexity index is 378. The molecule has 0 fully saturated rings. The minimum atomic E-state index is 0.708. The lowest BCUT2D eigenvalue weighted by atomic mass is 10.3. The van der Waals surface area contributed by atoms with Crippen LogP contribution in [0.3, 0.4) is 0 Å². The molecule has 14 heavy (non-hydrogen) atoms. The molecule has 0 bridgehead atoms. The highest BCUT2D eigenvalue weighted by molar-refractivity contribution is 5.05. The maximum Gasteiger partial charge on any atom is 0.150 e. The molecule has 0 unspecified atom stereocenters. The summed E-state index contributed by atoms with van der Waals surface area (Å²) in [5.41, 5.74) is 2.09. The SMILES string of the molecule is Cc1cc(CNCc2ccc[nH]2)on1. The third-order valence-electron chi connectivity index (χ3n) is 1.95. The Balaban J connectivity index is 1.78. The molecule has 4 heteroatoms. The summed E-state index contributed by atoms with van der Waals surface area (Å²) < 4.78 is 5.06. The van der Waals surface area contributed by atoms with Gasteiger partial charge in [-0.15, -0.1) is 0 Å². The van der Waals surface area contributed by atoms with Gasteiger partial charge in [-0.1, -0.05) is 5.16 Å². The van der Waals surface area contributed by atoms with Crippen LogP contribution in [0.5, 0.6) is 0 Å². The minimum Gasteiger partial charge on any atom is -0.364 e. The molecular formula is C10H13N3O. The molecule has 0 amide bonds. The van der Waals surface area contributed by atoms with E-state index in [0.717, 1.165) is 18.0 Å². The van der Waals surface area contributed by atoms with Crippen molar-refractivity contribution in [1.82, 2.24) is 15.5 Å². The van der Waals surface area contributed by atoms with Crippen LogP contribution in [-0.4, -0.2) is 10.1 Å². The molecule has 0 aromatic carbocycles. The van der Waals surface area contributed by atoms with Crippen molar-refractivity contribution in [3.8, 4) is 0 Å². The van der Waals surface area contributed by atoms with Crippen LogP contribution >= 0.6 is 0 Å². The van der Waals surface area contributed by atoms with Crippen LogP contribution in [0.15, 0.2) is 28.9 Å². The first-order valence-electron chi connectivity index (χ1n) is 4.60. The molecule has 4 nitrogen and oxygen atoms in total. The van der Waals surface area contributed by atoms with E-state index in [4.69, 9.17) is 4.52 Å². The van der Waals surface area contributed by atoms with Gasteiger partial charge in [-0.3, -0.25) is 0 Å². The number of nitrogens with one attached hydrogen (secondary N) is 2. The zero-order valence-electron chi connectivity index (χ0n) is 8.08. The fourth-order valence-corrected chi connectivity index (χ4v) is 1.30. The van der Waals surface area contributed by atoms with Gasteiger partial charge in [0.2, 0.25) is 0 Å². The van der Waals surface area contributed by atoms with Crippen molar-refractivity contribution in [2.24, 2.45) is 0 Å². The zero-order valence-corrected chi connectivity index (χ0v) is 8.08. The van der Waals surface area contributed by atoms with E-state index in [-0.39, 0.29) is 0 Å². The highest BCUT2D eigenvalue weighted by Gasteiger charge is 1.99. The van der Waals surface area contributed by atoms with Gasteiger partial charge in [0.1, 0.15) is 0 Å². The molecule has 0 radical (unpaired) electrons. The van der Waals surface area contributed by atoms with Gasteiger partial charge < -0.3 is 14.8 Å². The van der Waals surface area contributed by atoms with Crippen molar-refractivity contribution in [2.75, 3.05) is 0 Å². The number of hydrogen-bond acceptors (Lipinski definition) is 3. The van der Waals surface area contributed by atoms with E-state index >= 15 is 0 Å². The molecule has 2 aromatic rings. The monoisotopic (exact) mass is 191 g/mol. The Morgan fingerprint density at radius 2 is 2.43 bits per heavy atom. The van der Waals surface area contributed by atoms with Crippen LogP contribution in [0.2, 0.25) is 0 Å². The third-order valence-corrected chi connectivity index (χ3v) is 1.95. The number of aromatic nitrogens is 2. The van der Waals surface area contributed by atoms with Gasteiger partial charge in [0.25, 0.3) is 0 Å². The smallest absolute Gasteiger partial charge is 0.150 e. The van der Waals surface area contributed by atoms with Crippen LogP contribution in [-0.2, 0) is 13.1 Å². The summed E-state index contributed by atoms with van der Waals surface area (Å²) in [6.45, 7) is 3.44. The number of aromatic amines is 1. The van der Waals surface area contributed by atoms with E-state index in [1.54, 1.807) is 0 Å². The first kappa shape index (κ1) is 9.02. The maximum atomic E-state index is 5.06. The van der Waals surface area contributed by atoms with E-state index in [0.29, 0.717) is 6.54 Å². The standard InChI is InChI=1S/C10H13N3O/c1-8-5-10(14-13-8)7-11-6-9-3-2-4-12-9/h2-5,11-12H,6-7H2,1H3. The summed E-state index contributed by atoms with van der Waals surface area (Å²) in [6, 6.07) is 5.95. The second-order valence-electron chi connectivity index (χ2n) is 3.23. The highest BCUT2D eigenvalue weighted by Crippen LogP contribution is 2.01. The van der Waals surface area contributed by atoms with Crippen molar-refractivity contribution < 1.29 is 4.52 Å². The van der Waals surface area contributed by atoms with Gasteiger partial charge in [-0.25, -0.2) is 0 Å². The lowest BCUT2D eigenvalue weighted by molar-refractivity contribution is 0.369. The fraction of sp³-hybridized carbons (Fsp3) is 0.300. The number of hydrogen-bond donors (Lipinski definition) is 2. The number of nitrogens with zero attached hydrogens (tertiary/aromatic N) is 1. The van der Waals surface area contributed by atoms with E-state index < -0.39 is 0 Å². The van der Waals surface area contributed by atoms with Crippen LogP contribution in [0.25, 0.3) is 0 Å². The van der Waals surface area contributed by atoms with Crippen molar-refractivity contribution >= 4 is 0 Å². The summed E-state index contributed by atoms with van der Waals surface area (Å²) in [4.78, 5) is 3.12. The first-order chi connectivity index (χ1) is 6.84. The molecule has 0 aliphatic rings. The van der Waals surface area contributed by atoms with Crippen LogP contribution < -0.4 is 5.32 Å². The fourth-order valence-electron chi connectivity index (χ4n) is 1.30. The Labute approximate surface area is 82.3 Å². The van der Waals surface area contributed by atoms with Gasteiger partial charge in [-0.2, -0.15) is 0 Å². The van der Waals surface area contributed by atoms with E-state index in [1.807, 2.05) is 31.3 Å². The molecule has 74 valence electrons.